The summed E-state index contributed by atoms with van der Waals surface area (Å²) in [5, 5.41) is 18.9. The third-order valence-corrected chi connectivity index (χ3v) is 5.34. The van der Waals surface area contributed by atoms with Gasteiger partial charge in [0.15, 0.2) is 0 Å². The fraction of sp³-hybridized carbons (Fsp3) is 0.385. The van der Waals surface area contributed by atoms with Gasteiger partial charge in [0.05, 0.1) is 0 Å². The van der Waals surface area contributed by atoms with Gasteiger partial charge in [-0.3, -0.25) is 0 Å². The van der Waals surface area contributed by atoms with E-state index < -0.39 is 29.7 Å². The fourth-order valence-electron chi connectivity index (χ4n) is 2.36. The van der Waals surface area contributed by atoms with Crippen LogP contribution in [-0.2, 0) is 4.74 Å². The Hall–Kier alpha value is -1.44. The number of aromatic amines is 1. The molecule has 112 valence electrons. The molecule has 7 nitrogen and oxygen atoms in total. The average molecular weight is 357 g/mol. The zero-order valence-corrected chi connectivity index (χ0v) is 12.6. The Balaban J connectivity index is 2.02. The molecule has 0 spiro atoms. The second-order valence-corrected chi connectivity index (χ2v) is 6.79. The minimum absolute atomic E-state index is 0.0684. The van der Waals surface area contributed by atoms with Crippen molar-refractivity contribution in [2.24, 2.45) is 0 Å². The van der Waals surface area contributed by atoms with Crippen LogP contribution in [0.5, 0.6) is 0 Å². The van der Waals surface area contributed by atoms with E-state index in [-0.39, 0.29) is 27.5 Å². The Kier molecular flexibility index (Phi) is 3.97. The van der Waals surface area contributed by atoms with Crippen LogP contribution < -0.4 is 11.2 Å². The molecule has 0 saturated carbocycles. The first kappa shape index (κ1) is 14.5. The maximum atomic E-state index is 11.9. The van der Waals surface area contributed by atoms with Crippen LogP contribution in [0.3, 0.4) is 0 Å². The van der Waals surface area contributed by atoms with Crippen LogP contribution in [-0.4, -0.2) is 53.1 Å². The van der Waals surface area contributed by atoms with E-state index in [1.807, 2.05) is 17.1 Å². The van der Waals surface area contributed by atoms with Crippen LogP contribution in [0, 0.1) is 0 Å². The zero-order valence-electron chi connectivity index (χ0n) is 10.9. The molecule has 8 heteroatoms. The van der Waals surface area contributed by atoms with Crippen molar-refractivity contribution in [2.45, 2.75) is 24.9 Å². The van der Waals surface area contributed by atoms with Crippen molar-refractivity contribution in [3.05, 3.63) is 44.1 Å². The maximum absolute atomic E-state index is 11.9. The van der Waals surface area contributed by atoms with Crippen molar-refractivity contribution in [3.8, 4) is 10.0 Å². The molecule has 2 aromatic heterocycles. The summed E-state index contributed by atoms with van der Waals surface area (Å²) in [6, 6.07) is 3.72. The first-order chi connectivity index (χ1) is 10.1. The number of aliphatic hydroxyl groups excluding tert-OH is 2. The molecule has 1 saturated heterocycles. The van der Waals surface area contributed by atoms with Gasteiger partial charge in [-0.15, -0.1) is 0 Å². The Morgan fingerprint density at radius 3 is 2.90 bits per heavy atom. The second kappa shape index (κ2) is 5.75. The molecule has 0 unspecified atom stereocenters. The van der Waals surface area contributed by atoms with Gasteiger partial charge in [-0.2, -0.15) is 0 Å². The zero-order chi connectivity index (χ0) is 15.0. The summed E-state index contributed by atoms with van der Waals surface area (Å²) in [6.45, 7) is -0.319. The molecule has 1 aliphatic rings. The summed E-state index contributed by atoms with van der Waals surface area (Å²) >= 11 is 0.0684. The molecule has 3 rings (SSSR count). The van der Waals surface area contributed by atoms with Gasteiger partial charge in [-0.1, -0.05) is 0 Å². The summed E-state index contributed by atoms with van der Waals surface area (Å²) in [7, 11) is 0. The van der Waals surface area contributed by atoms with E-state index in [2.05, 4.69) is 4.98 Å². The molecule has 0 amide bonds. The van der Waals surface area contributed by atoms with E-state index in [1.54, 1.807) is 0 Å². The van der Waals surface area contributed by atoms with Crippen molar-refractivity contribution >= 4 is 14.5 Å². The third kappa shape index (κ3) is 2.68. The molecule has 0 bridgehead atoms. The molecule has 0 aromatic carbocycles. The topological polar surface area (TPSA) is 105 Å². The molecule has 3 atom stereocenters. The Labute approximate surface area is 125 Å². The summed E-state index contributed by atoms with van der Waals surface area (Å²) in [6.07, 6.45) is -0.576. The van der Waals surface area contributed by atoms with Gasteiger partial charge in [0.1, 0.15) is 0 Å². The Morgan fingerprint density at radius 1 is 1.48 bits per heavy atom. The molecular weight excluding hydrogens is 343 g/mol. The van der Waals surface area contributed by atoms with Crippen LogP contribution >= 0.6 is 0 Å². The number of ether oxygens (including phenoxy) is 1. The summed E-state index contributed by atoms with van der Waals surface area (Å²) < 4.78 is 7.61. The molecule has 1 fully saturated rings. The number of H-pyrrole nitrogens is 1. The SMILES string of the molecule is O=c1[nH]c(=O)n([C@H]2C[C@H](O)[C@@H](CO)O2)cc1-c1ccc[se]1. The number of aliphatic hydroxyl groups is 2. The summed E-state index contributed by atoms with van der Waals surface area (Å²) in [5.41, 5.74) is -0.575. The molecule has 2 aromatic rings. The van der Waals surface area contributed by atoms with Crippen molar-refractivity contribution in [2.75, 3.05) is 6.61 Å². The quantitative estimate of drug-likeness (QED) is 0.605. The van der Waals surface area contributed by atoms with Crippen molar-refractivity contribution in [1.82, 2.24) is 9.55 Å². The molecule has 21 heavy (non-hydrogen) atoms. The molecule has 1 aliphatic heterocycles. The van der Waals surface area contributed by atoms with Gasteiger partial charge >= 0.3 is 125 Å². The van der Waals surface area contributed by atoms with Crippen molar-refractivity contribution < 1.29 is 14.9 Å². The number of hydrogen-bond acceptors (Lipinski definition) is 5. The monoisotopic (exact) mass is 358 g/mol. The molecule has 3 heterocycles. The van der Waals surface area contributed by atoms with Crippen molar-refractivity contribution in [1.29, 1.82) is 0 Å². The van der Waals surface area contributed by atoms with Gasteiger partial charge in [0, 0.05) is 0 Å². The van der Waals surface area contributed by atoms with Gasteiger partial charge in [0.2, 0.25) is 0 Å². The first-order valence-electron chi connectivity index (χ1n) is 6.44. The average Bonchev–Trinajstić information content (AvgIpc) is 3.08. The van der Waals surface area contributed by atoms with Gasteiger partial charge < -0.3 is 0 Å². The number of aromatic nitrogens is 2. The van der Waals surface area contributed by atoms with Crippen LogP contribution in [0.1, 0.15) is 12.6 Å². The van der Waals surface area contributed by atoms with E-state index in [0.717, 1.165) is 4.44 Å². The van der Waals surface area contributed by atoms with E-state index in [4.69, 9.17) is 9.84 Å². The molecule has 3 N–H and O–H groups in total. The first-order valence-corrected chi connectivity index (χ1v) is 8.28. The number of nitrogens with zero attached hydrogens (tertiary/aromatic N) is 1. The molecule has 0 radical (unpaired) electrons. The summed E-state index contributed by atoms with van der Waals surface area (Å²) in [5.74, 6) is 0. The van der Waals surface area contributed by atoms with Crippen LogP contribution in [0.15, 0.2) is 32.9 Å². The third-order valence-electron chi connectivity index (χ3n) is 3.45. The van der Waals surface area contributed by atoms with E-state index >= 15 is 0 Å². The fourth-order valence-corrected chi connectivity index (χ4v) is 3.90. The number of nitrogens with one attached hydrogen (secondary N) is 1. The van der Waals surface area contributed by atoms with Crippen LogP contribution in [0.4, 0.5) is 0 Å². The summed E-state index contributed by atoms with van der Waals surface area (Å²) in [4.78, 5) is 28.1. The van der Waals surface area contributed by atoms with Gasteiger partial charge in [-0.05, 0) is 0 Å². The number of rotatable bonds is 3. The minimum atomic E-state index is -0.834. The van der Waals surface area contributed by atoms with Gasteiger partial charge in [0.25, 0.3) is 0 Å². The van der Waals surface area contributed by atoms with E-state index in [0.29, 0.717) is 5.56 Å². The normalized spacial score (nSPS) is 25.3. The standard InChI is InChI=1S/C13H14N2O5Se/c16-6-9-8(17)4-11(20-9)15-5-7(10-2-1-3-21-10)12(18)14-13(15)19/h1-3,5,8-9,11,16-17H,4,6H2,(H,14,18,19)/t8-,9+,11+/m0/s1. The Morgan fingerprint density at radius 2 is 2.29 bits per heavy atom. The molecule has 0 aliphatic carbocycles. The number of hydrogen-bond donors (Lipinski definition) is 3. The predicted octanol–water partition coefficient (Wildman–Crippen LogP) is -1.10. The van der Waals surface area contributed by atoms with Gasteiger partial charge in [-0.25, -0.2) is 0 Å². The van der Waals surface area contributed by atoms with E-state index in [1.165, 1.54) is 10.8 Å². The van der Waals surface area contributed by atoms with Crippen molar-refractivity contribution in [3.63, 3.8) is 0 Å². The second-order valence-electron chi connectivity index (χ2n) is 4.80. The Bertz CT molecular complexity index is 736. The van der Waals surface area contributed by atoms with Crippen LogP contribution in [0.25, 0.3) is 10.0 Å². The van der Waals surface area contributed by atoms with Crippen LogP contribution in [0.2, 0.25) is 0 Å². The van der Waals surface area contributed by atoms with E-state index in [9.17, 15) is 14.7 Å². The predicted molar refractivity (Wildman–Crippen MR) is 75.3 cm³/mol. The molecular formula is C13H14N2O5Se.